The van der Waals surface area contributed by atoms with Gasteiger partial charge in [-0.15, -0.1) is 0 Å². The van der Waals surface area contributed by atoms with Crippen LogP contribution >= 0.6 is 0 Å². The third-order valence-corrected chi connectivity index (χ3v) is 5.16. The molecule has 1 N–H and O–H groups in total. The molecule has 0 radical (unpaired) electrons. The summed E-state index contributed by atoms with van der Waals surface area (Å²) in [4.78, 5) is 13.0. The highest BCUT2D eigenvalue weighted by molar-refractivity contribution is 6.08. The molecule has 2 aliphatic rings. The van der Waals surface area contributed by atoms with Crippen molar-refractivity contribution in [2.45, 2.75) is 5.92 Å². The van der Waals surface area contributed by atoms with Gasteiger partial charge in [0.2, 0.25) is 0 Å². The minimum Gasteiger partial charge on any atom is -0.455 e. The maximum atomic E-state index is 13.1. The molecule has 136 valence electrons. The average molecular weight is 369 g/mol. The van der Waals surface area contributed by atoms with Crippen LogP contribution in [-0.4, -0.2) is 15.8 Å². The molecule has 0 bridgehead atoms. The summed E-state index contributed by atoms with van der Waals surface area (Å²) in [6, 6.07) is 16.9. The Balaban J connectivity index is 1.93. The van der Waals surface area contributed by atoms with Crippen molar-refractivity contribution in [2.24, 2.45) is 0 Å². The van der Waals surface area contributed by atoms with Gasteiger partial charge in [-0.3, -0.25) is 10.0 Å². The monoisotopic (exact) mass is 369 g/mol. The van der Waals surface area contributed by atoms with Crippen LogP contribution in [0.15, 0.2) is 87.6 Å². The van der Waals surface area contributed by atoms with Gasteiger partial charge < -0.3 is 9.62 Å². The quantitative estimate of drug-likeness (QED) is 0.406. The van der Waals surface area contributed by atoms with E-state index in [1.54, 1.807) is 24.3 Å². The molecular formula is C23H15NO4. The topological polar surface area (TPSA) is 76.5 Å². The van der Waals surface area contributed by atoms with Gasteiger partial charge in [0.25, 0.3) is 5.71 Å². The van der Waals surface area contributed by atoms with E-state index in [0.29, 0.717) is 21.6 Å². The standard InChI is InChI=1S/C23H15NO4/c25-22-17-8-4-5-9-21(17)28-23-16-11-10-15(24(26)27)12-19(16)18(13-20(22)23)14-6-2-1-3-7-14/h1-13,18H,(H,26,27). The minimum absolute atomic E-state index is 0.0832. The summed E-state index contributed by atoms with van der Waals surface area (Å²) in [7, 11) is 0. The Morgan fingerprint density at radius 3 is 2.54 bits per heavy atom. The van der Waals surface area contributed by atoms with Crippen molar-refractivity contribution < 1.29 is 14.5 Å². The van der Waals surface area contributed by atoms with Gasteiger partial charge in [0, 0.05) is 28.5 Å². The van der Waals surface area contributed by atoms with E-state index in [2.05, 4.69) is 0 Å². The number of rotatable bonds is 1. The van der Waals surface area contributed by atoms with Crippen LogP contribution < -0.4 is 16.1 Å². The molecule has 5 nitrogen and oxygen atoms in total. The lowest BCUT2D eigenvalue weighted by atomic mass is 9.80. The third-order valence-electron chi connectivity index (χ3n) is 5.16. The molecular weight excluding hydrogens is 354 g/mol. The summed E-state index contributed by atoms with van der Waals surface area (Å²) < 4.78 is 6.09. The Bertz CT molecular complexity index is 1390. The van der Waals surface area contributed by atoms with E-state index < -0.39 is 0 Å². The lowest BCUT2D eigenvalue weighted by Crippen LogP contribution is -2.43. The van der Waals surface area contributed by atoms with E-state index in [0.717, 1.165) is 16.7 Å². The van der Waals surface area contributed by atoms with Crippen molar-refractivity contribution in [3.63, 3.8) is 0 Å². The molecule has 0 aliphatic heterocycles. The first-order chi connectivity index (χ1) is 13.6. The molecule has 28 heavy (non-hydrogen) atoms. The second-order valence-corrected chi connectivity index (χ2v) is 6.77. The second-order valence-electron chi connectivity index (χ2n) is 6.77. The van der Waals surface area contributed by atoms with Gasteiger partial charge in [-0.1, -0.05) is 48.5 Å². The fourth-order valence-corrected chi connectivity index (χ4v) is 3.83. The summed E-state index contributed by atoms with van der Waals surface area (Å²) >= 11 is 0. The highest BCUT2D eigenvalue weighted by Gasteiger charge is 2.27. The molecule has 0 saturated carbocycles. The number of fused-ring (bicyclic) bond motifs is 3. The van der Waals surface area contributed by atoms with Crippen molar-refractivity contribution in [2.75, 3.05) is 0 Å². The van der Waals surface area contributed by atoms with Gasteiger partial charge in [0.05, 0.1) is 10.6 Å². The number of allylic oxidation sites excluding steroid dienone is 4. The Kier molecular flexibility index (Phi) is 3.55. The van der Waals surface area contributed by atoms with Crippen molar-refractivity contribution in [3.8, 4) is 0 Å². The Hall–Kier alpha value is -3.86. The summed E-state index contributed by atoms with van der Waals surface area (Å²) in [6.07, 6.45) is 6.74. The summed E-state index contributed by atoms with van der Waals surface area (Å²) in [6.45, 7) is 0. The minimum atomic E-state index is -0.243. The molecule has 1 aromatic heterocycles. The number of benzene rings is 2. The number of para-hydroxylation sites is 1. The normalized spacial score (nSPS) is 19.5. The fraction of sp³-hybridized carbons (Fsp3) is 0.0435. The van der Waals surface area contributed by atoms with Crippen LogP contribution in [0.5, 0.6) is 0 Å². The van der Waals surface area contributed by atoms with Crippen LogP contribution in [-0.2, 0) is 0 Å². The SMILES string of the molecule is O=c1c2c(oc3ccccc13)=C1C=C/C(=[N+](\[O-])O)C=C1C(c1ccccc1)C=2. The van der Waals surface area contributed by atoms with Crippen molar-refractivity contribution in [3.05, 3.63) is 110 Å². The number of hydrogen-bond acceptors (Lipinski definition) is 4. The predicted octanol–water partition coefficient (Wildman–Crippen LogP) is 2.36. The van der Waals surface area contributed by atoms with E-state index in [-0.39, 0.29) is 22.0 Å². The van der Waals surface area contributed by atoms with Crippen molar-refractivity contribution >= 4 is 28.3 Å². The smallest absolute Gasteiger partial charge is 0.268 e. The van der Waals surface area contributed by atoms with Crippen LogP contribution in [0.1, 0.15) is 11.5 Å². The highest BCUT2D eigenvalue weighted by Crippen LogP contribution is 2.35. The van der Waals surface area contributed by atoms with Gasteiger partial charge in [0.15, 0.2) is 5.43 Å². The first-order valence-electron chi connectivity index (χ1n) is 8.89. The van der Waals surface area contributed by atoms with E-state index in [1.165, 1.54) is 6.08 Å². The molecule has 5 rings (SSSR count). The number of hydrogen-bond donors (Lipinski definition) is 1. The maximum Gasteiger partial charge on any atom is 0.268 e. The second kappa shape index (κ2) is 6.09. The van der Waals surface area contributed by atoms with Gasteiger partial charge in [-0.05, 0) is 29.3 Å². The van der Waals surface area contributed by atoms with Crippen molar-refractivity contribution in [1.82, 2.24) is 0 Å². The lowest BCUT2D eigenvalue weighted by Gasteiger charge is -2.23. The van der Waals surface area contributed by atoms with Gasteiger partial charge in [-0.25, -0.2) is 0 Å². The van der Waals surface area contributed by atoms with Crippen molar-refractivity contribution in [1.29, 1.82) is 0 Å². The Labute approximate surface area is 159 Å². The van der Waals surface area contributed by atoms with Gasteiger partial charge in [-0.2, -0.15) is 0 Å². The van der Waals surface area contributed by atoms with Gasteiger partial charge >= 0.3 is 0 Å². The Morgan fingerprint density at radius 2 is 1.75 bits per heavy atom. The largest absolute Gasteiger partial charge is 0.455 e. The van der Waals surface area contributed by atoms with E-state index in [4.69, 9.17) is 4.42 Å². The number of nitrogens with zero attached hydrogens (tertiary/aromatic N) is 1. The lowest BCUT2D eigenvalue weighted by molar-refractivity contribution is -0.725. The van der Waals surface area contributed by atoms with Gasteiger partial charge in [0.1, 0.15) is 11.0 Å². The maximum absolute atomic E-state index is 13.1. The van der Waals surface area contributed by atoms with Crippen LogP contribution in [0.25, 0.3) is 22.6 Å². The first kappa shape index (κ1) is 16.3. The van der Waals surface area contributed by atoms with E-state index >= 15 is 0 Å². The van der Waals surface area contributed by atoms with Crippen LogP contribution in [0, 0.1) is 5.21 Å². The molecule has 5 heteroatoms. The molecule has 0 spiro atoms. The van der Waals surface area contributed by atoms with Crippen LogP contribution in [0.3, 0.4) is 0 Å². The molecule has 1 atom stereocenters. The summed E-state index contributed by atoms with van der Waals surface area (Å²) in [5.74, 6) is -0.243. The van der Waals surface area contributed by atoms with E-state index in [1.807, 2.05) is 48.5 Å². The summed E-state index contributed by atoms with van der Waals surface area (Å²) in [5, 5.41) is 21.8. The van der Waals surface area contributed by atoms with E-state index in [9.17, 15) is 15.2 Å². The molecule has 2 aromatic carbocycles. The zero-order valence-electron chi connectivity index (χ0n) is 14.7. The molecule has 0 amide bonds. The average Bonchev–Trinajstić information content (AvgIpc) is 2.74. The zero-order chi connectivity index (χ0) is 19.3. The molecule has 0 saturated heterocycles. The molecule has 2 aliphatic carbocycles. The predicted molar refractivity (Wildman–Crippen MR) is 106 cm³/mol. The molecule has 1 unspecified atom stereocenters. The van der Waals surface area contributed by atoms with Crippen LogP contribution in [0.4, 0.5) is 0 Å². The Morgan fingerprint density at radius 1 is 1.00 bits per heavy atom. The summed E-state index contributed by atoms with van der Waals surface area (Å²) in [5.41, 5.74) is 3.55. The van der Waals surface area contributed by atoms with Crippen LogP contribution in [0.2, 0.25) is 0 Å². The highest BCUT2D eigenvalue weighted by atomic mass is 16.8. The fourth-order valence-electron chi connectivity index (χ4n) is 3.83. The molecule has 0 fully saturated rings. The molecule has 3 aromatic rings. The first-order valence-corrected chi connectivity index (χ1v) is 8.89. The molecule has 1 heterocycles. The third kappa shape index (κ3) is 2.41. The zero-order valence-corrected chi connectivity index (χ0v) is 14.7.